The van der Waals surface area contributed by atoms with Crippen LogP contribution in [0, 0.1) is 17.8 Å². The monoisotopic (exact) mass is 442 g/mol. The number of halogens is 2. The van der Waals surface area contributed by atoms with Crippen molar-refractivity contribution in [3.63, 3.8) is 0 Å². The van der Waals surface area contributed by atoms with Crippen LogP contribution in [0.3, 0.4) is 0 Å². The molecule has 0 unspecified atom stereocenters. The highest BCUT2D eigenvalue weighted by atomic mass is 35.5. The van der Waals surface area contributed by atoms with Crippen molar-refractivity contribution >= 4 is 49.7 Å². The molecule has 0 atom stereocenters. The first-order valence-corrected chi connectivity index (χ1v) is 12.4. The first-order valence-electron chi connectivity index (χ1n) is 9.27. The van der Waals surface area contributed by atoms with Crippen molar-refractivity contribution in [2.24, 2.45) is 17.8 Å². The van der Waals surface area contributed by atoms with Crippen LogP contribution < -0.4 is 4.72 Å². The molecule has 0 spiro atoms. The highest BCUT2D eigenvalue weighted by Crippen LogP contribution is 2.60. The molecule has 1 aromatic heterocycles. The third kappa shape index (κ3) is 3.18. The van der Waals surface area contributed by atoms with E-state index >= 15 is 0 Å². The molecule has 0 saturated heterocycles. The Morgan fingerprint density at radius 1 is 1.07 bits per heavy atom. The van der Waals surface area contributed by atoms with Crippen LogP contribution in [-0.4, -0.2) is 13.4 Å². The molecule has 4 fully saturated rings. The lowest BCUT2D eigenvalue weighted by Crippen LogP contribution is -2.48. The molecule has 27 heavy (non-hydrogen) atoms. The molecular formula is C19H20Cl2N2O2S2. The molecule has 144 valence electrons. The van der Waals surface area contributed by atoms with Crippen LogP contribution in [0.4, 0.5) is 5.13 Å². The summed E-state index contributed by atoms with van der Waals surface area (Å²) in [4.78, 5) is 4.69. The summed E-state index contributed by atoms with van der Waals surface area (Å²) in [7, 11) is -3.83. The number of nitrogens with zero attached hydrogens (tertiary/aromatic N) is 1. The van der Waals surface area contributed by atoms with Crippen LogP contribution in [0.2, 0.25) is 10.0 Å². The quantitative estimate of drug-likeness (QED) is 0.658. The number of aromatic nitrogens is 1. The summed E-state index contributed by atoms with van der Waals surface area (Å²) in [6.07, 6.45) is 7.72. The molecule has 4 nitrogen and oxygen atoms in total. The predicted molar refractivity (Wildman–Crippen MR) is 109 cm³/mol. The van der Waals surface area contributed by atoms with Gasteiger partial charge in [0.1, 0.15) is 4.90 Å². The molecule has 1 heterocycles. The second-order valence-corrected chi connectivity index (χ2v) is 11.8. The minimum atomic E-state index is -3.83. The number of hydrogen-bond acceptors (Lipinski definition) is 4. The van der Waals surface area contributed by atoms with Gasteiger partial charge in [-0.2, -0.15) is 0 Å². The number of hydrogen-bond donors (Lipinski definition) is 1. The summed E-state index contributed by atoms with van der Waals surface area (Å²) >= 11 is 13.4. The molecule has 1 aromatic carbocycles. The molecule has 4 bridgehead atoms. The largest absolute Gasteiger partial charge is 0.265 e. The van der Waals surface area contributed by atoms with Gasteiger partial charge in [-0.25, -0.2) is 13.4 Å². The van der Waals surface area contributed by atoms with E-state index < -0.39 is 10.0 Å². The maximum absolute atomic E-state index is 12.7. The van der Waals surface area contributed by atoms with Crippen LogP contribution in [0.15, 0.2) is 28.5 Å². The van der Waals surface area contributed by atoms with E-state index in [1.807, 2.05) is 5.38 Å². The van der Waals surface area contributed by atoms with Crippen molar-refractivity contribution in [2.75, 3.05) is 4.72 Å². The summed E-state index contributed by atoms with van der Waals surface area (Å²) in [6, 6.07) is 4.42. The van der Waals surface area contributed by atoms with Crippen LogP contribution >= 0.6 is 34.5 Å². The van der Waals surface area contributed by atoms with Crippen molar-refractivity contribution in [1.82, 2.24) is 4.98 Å². The molecule has 0 amide bonds. The summed E-state index contributed by atoms with van der Waals surface area (Å²) < 4.78 is 28.1. The number of thiazole rings is 1. The topological polar surface area (TPSA) is 59.1 Å². The Hall–Kier alpha value is -0.820. The zero-order chi connectivity index (χ0) is 18.8. The van der Waals surface area contributed by atoms with Crippen LogP contribution in [-0.2, 0) is 15.4 Å². The number of benzene rings is 1. The highest BCUT2D eigenvalue weighted by molar-refractivity contribution is 7.93. The fourth-order valence-electron chi connectivity index (χ4n) is 5.84. The Balaban J connectivity index is 1.42. The lowest BCUT2D eigenvalue weighted by atomic mass is 9.49. The van der Waals surface area contributed by atoms with Crippen LogP contribution in [0.25, 0.3) is 0 Å². The van der Waals surface area contributed by atoms with Gasteiger partial charge in [0.05, 0.1) is 10.7 Å². The van der Waals surface area contributed by atoms with Crippen molar-refractivity contribution in [3.8, 4) is 0 Å². The predicted octanol–water partition coefficient (Wildman–Crippen LogP) is 5.72. The van der Waals surface area contributed by atoms with Gasteiger partial charge >= 0.3 is 0 Å². The SMILES string of the molecule is O=S(=O)(Nc1nc(C23CC4CC(CC(C4)C2)C3)cs1)c1cc(Cl)ccc1Cl. The summed E-state index contributed by atoms with van der Waals surface area (Å²) in [5.74, 6) is 2.47. The van der Waals surface area contributed by atoms with Crippen molar-refractivity contribution < 1.29 is 8.42 Å². The molecule has 2 aromatic rings. The number of rotatable bonds is 4. The van der Waals surface area contributed by atoms with Gasteiger partial charge < -0.3 is 0 Å². The average molecular weight is 443 g/mol. The lowest BCUT2D eigenvalue weighted by molar-refractivity contribution is -0.00688. The lowest BCUT2D eigenvalue weighted by Gasteiger charge is -2.56. The van der Waals surface area contributed by atoms with E-state index in [1.165, 1.54) is 62.0 Å². The first-order chi connectivity index (χ1) is 12.8. The minimum Gasteiger partial charge on any atom is -0.255 e. The normalized spacial score (nSPS) is 32.0. The Bertz CT molecular complexity index is 968. The second-order valence-electron chi connectivity index (χ2n) is 8.42. The number of nitrogens with one attached hydrogen (secondary N) is 1. The van der Waals surface area contributed by atoms with Crippen LogP contribution in [0.5, 0.6) is 0 Å². The van der Waals surface area contributed by atoms with Crippen molar-refractivity contribution in [2.45, 2.75) is 48.8 Å². The van der Waals surface area contributed by atoms with Gasteiger partial charge in [0.15, 0.2) is 5.13 Å². The van der Waals surface area contributed by atoms with E-state index in [0.717, 1.165) is 23.4 Å². The van der Waals surface area contributed by atoms with Gasteiger partial charge in [-0.3, -0.25) is 4.72 Å². The third-order valence-corrected chi connectivity index (χ3v) is 9.43. The Morgan fingerprint density at radius 2 is 1.70 bits per heavy atom. The summed E-state index contributed by atoms with van der Waals surface area (Å²) in [5, 5.41) is 2.92. The molecule has 0 radical (unpaired) electrons. The first kappa shape index (κ1) is 18.2. The smallest absolute Gasteiger partial charge is 0.255 e. The van der Waals surface area contributed by atoms with Crippen molar-refractivity contribution in [1.29, 1.82) is 0 Å². The molecule has 4 aliphatic carbocycles. The molecule has 6 rings (SSSR count). The second kappa shape index (κ2) is 6.34. The molecule has 4 saturated carbocycles. The van der Waals surface area contributed by atoms with Crippen LogP contribution in [0.1, 0.15) is 44.2 Å². The Kier molecular flexibility index (Phi) is 4.28. The van der Waals surface area contributed by atoms with E-state index in [0.29, 0.717) is 10.2 Å². The maximum Gasteiger partial charge on any atom is 0.265 e. The van der Waals surface area contributed by atoms with Gasteiger partial charge in [0.2, 0.25) is 0 Å². The van der Waals surface area contributed by atoms with E-state index in [-0.39, 0.29) is 15.3 Å². The Morgan fingerprint density at radius 3 is 2.33 bits per heavy atom. The summed E-state index contributed by atoms with van der Waals surface area (Å²) in [6.45, 7) is 0. The zero-order valence-electron chi connectivity index (χ0n) is 14.6. The van der Waals surface area contributed by atoms with E-state index in [2.05, 4.69) is 4.72 Å². The molecule has 8 heteroatoms. The van der Waals surface area contributed by atoms with E-state index in [1.54, 1.807) is 6.07 Å². The van der Waals surface area contributed by atoms with Crippen molar-refractivity contribution in [3.05, 3.63) is 39.3 Å². The highest BCUT2D eigenvalue weighted by Gasteiger charge is 2.52. The third-order valence-electron chi connectivity index (χ3n) is 6.49. The summed E-state index contributed by atoms with van der Waals surface area (Å²) in [5.41, 5.74) is 1.23. The van der Waals surface area contributed by atoms with Gasteiger partial charge in [-0.15, -0.1) is 11.3 Å². The van der Waals surface area contributed by atoms with Gasteiger partial charge in [-0.05, 0) is 74.5 Å². The van der Waals surface area contributed by atoms with Gasteiger partial charge in [-0.1, -0.05) is 23.2 Å². The Labute approximate surface area is 173 Å². The van der Waals surface area contributed by atoms with Gasteiger partial charge in [0.25, 0.3) is 10.0 Å². The number of sulfonamides is 1. The van der Waals surface area contributed by atoms with E-state index in [4.69, 9.17) is 28.2 Å². The average Bonchev–Trinajstić information content (AvgIpc) is 3.04. The maximum atomic E-state index is 12.7. The molecule has 4 aliphatic rings. The fraction of sp³-hybridized carbons (Fsp3) is 0.526. The van der Waals surface area contributed by atoms with E-state index in [9.17, 15) is 8.42 Å². The standard InChI is InChI=1S/C19H20Cl2N2O2S2/c20-14-1-2-15(21)16(6-14)27(24,25)23-18-22-17(10-26-18)19-7-11-3-12(8-19)5-13(4-11)9-19/h1-2,6,10-13H,3-5,7-9H2,(H,22,23). The molecular weight excluding hydrogens is 423 g/mol. The fourth-order valence-corrected chi connectivity index (χ4v) is 8.69. The number of anilines is 1. The minimum absolute atomic E-state index is 0.0248. The van der Waals surface area contributed by atoms with Gasteiger partial charge in [0, 0.05) is 15.8 Å². The zero-order valence-corrected chi connectivity index (χ0v) is 17.8. The molecule has 1 N–H and O–H groups in total. The molecule has 0 aliphatic heterocycles.